The van der Waals surface area contributed by atoms with Crippen LogP contribution in [0.2, 0.25) is 0 Å². The average Bonchev–Trinajstić information content (AvgIpc) is 3.48. The van der Waals surface area contributed by atoms with E-state index < -0.39 is 72.7 Å². The van der Waals surface area contributed by atoms with Crippen molar-refractivity contribution in [2.75, 3.05) is 0 Å². The van der Waals surface area contributed by atoms with Crippen LogP contribution in [-0.4, -0.2) is 72.2 Å². The maximum absolute atomic E-state index is 14.4. The van der Waals surface area contributed by atoms with Crippen molar-refractivity contribution >= 4 is 10.9 Å². The minimum absolute atomic E-state index is 0.0357. The molecule has 0 saturated heterocycles. The highest BCUT2D eigenvalue weighted by Gasteiger charge is 2.95. The molecule has 2 aromatic carbocycles. The summed E-state index contributed by atoms with van der Waals surface area (Å²) in [4.78, 5) is 17.7. The number of alkyl halides is 17. The molecule has 4 rings (SSSR count). The van der Waals surface area contributed by atoms with Crippen LogP contribution in [0.25, 0.3) is 22.3 Å². The zero-order chi connectivity index (χ0) is 37.9. The predicted molar refractivity (Wildman–Crippen MR) is 136 cm³/mol. The molecule has 0 atom stereocenters. The predicted octanol–water partition coefficient (Wildman–Crippen LogP) is 8.10. The average molecular weight is 749 g/mol. The van der Waals surface area contributed by atoms with E-state index in [9.17, 15) is 79.4 Å². The highest BCUT2D eigenvalue weighted by Crippen LogP contribution is 2.64. The van der Waals surface area contributed by atoms with Crippen LogP contribution < -0.4 is 5.56 Å². The van der Waals surface area contributed by atoms with Crippen LogP contribution >= 0.6 is 0 Å². The molecule has 0 spiro atoms. The van der Waals surface area contributed by atoms with E-state index in [1.54, 1.807) is 36.4 Å². The number of halogens is 17. The van der Waals surface area contributed by atoms with E-state index in [4.69, 9.17) is 0 Å². The lowest BCUT2D eigenvalue weighted by Crippen LogP contribution is -2.74. The Bertz CT molecular complexity index is 1900. The summed E-state index contributed by atoms with van der Waals surface area (Å²) in [7, 11) is 0. The van der Waals surface area contributed by atoms with Crippen molar-refractivity contribution in [2.45, 2.75) is 67.1 Å². The molecule has 0 fully saturated rings. The summed E-state index contributed by atoms with van der Waals surface area (Å²) >= 11 is 0. The lowest BCUT2D eigenvalue weighted by molar-refractivity contribution is -0.461. The molecule has 50 heavy (non-hydrogen) atoms. The van der Waals surface area contributed by atoms with E-state index in [2.05, 4.69) is 15.3 Å². The Morgan fingerprint density at radius 2 is 1.10 bits per heavy atom. The largest absolute Gasteiger partial charge is 0.460 e. The van der Waals surface area contributed by atoms with E-state index in [1.165, 1.54) is 18.2 Å². The second-order valence-electron chi connectivity index (χ2n) is 10.6. The third kappa shape index (κ3) is 5.80. The molecule has 2 aromatic heterocycles. The third-order valence-electron chi connectivity index (χ3n) is 7.24. The highest BCUT2D eigenvalue weighted by atomic mass is 19.4. The Balaban J connectivity index is 1.60. The van der Waals surface area contributed by atoms with E-state index >= 15 is 0 Å². The lowest BCUT2D eigenvalue weighted by Gasteiger charge is -2.42. The number of aryl methyl sites for hydroxylation is 1. The lowest BCUT2D eigenvalue weighted by atomic mass is 9.88. The van der Waals surface area contributed by atoms with Gasteiger partial charge < -0.3 is 0 Å². The van der Waals surface area contributed by atoms with Gasteiger partial charge in [0.25, 0.3) is 5.56 Å². The monoisotopic (exact) mass is 749 g/mol. The number of rotatable bonds is 12. The van der Waals surface area contributed by atoms with Crippen molar-refractivity contribution in [2.24, 2.45) is 0 Å². The number of nitrogens with zero attached hydrogens (tertiary/aromatic N) is 5. The minimum atomic E-state index is -8.70. The number of aromatic nitrogens is 5. The topological polar surface area (TPSA) is 65.6 Å². The van der Waals surface area contributed by atoms with Crippen LogP contribution in [-0.2, 0) is 13.1 Å². The zero-order valence-corrected chi connectivity index (χ0v) is 24.0. The van der Waals surface area contributed by atoms with Crippen molar-refractivity contribution in [3.05, 3.63) is 76.8 Å². The molecule has 274 valence electrons. The van der Waals surface area contributed by atoms with E-state index in [0.717, 1.165) is 4.57 Å². The molecule has 6 nitrogen and oxygen atoms in total. The van der Waals surface area contributed by atoms with Crippen LogP contribution in [0.5, 0.6) is 0 Å². The van der Waals surface area contributed by atoms with E-state index in [0.29, 0.717) is 11.8 Å². The Kier molecular flexibility index (Phi) is 9.27. The summed E-state index contributed by atoms with van der Waals surface area (Å²) in [6.07, 6.45) is -9.87. The second-order valence-corrected chi connectivity index (χ2v) is 10.6. The highest BCUT2D eigenvalue weighted by molar-refractivity contribution is 5.79. The van der Waals surface area contributed by atoms with Gasteiger partial charge in [0, 0.05) is 18.5 Å². The van der Waals surface area contributed by atoms with Gasteiger partial charge >= 0.3 is 47.6 Å². The number of hydrogen-bond donors (Lipinski definition) is 0. The number of benzene rings is 2. The van der Waals surface area contributed by atoms with Gasteiger partial charge in [-0.25, -0.2) is 4.98 Å². The van der Waals surface area contributed by atoms with Gasteiger partial charge in [-0.15, -0.1) is 5.10 Å². The van der Waals surface area contributed by atoms with Crippen LogP contribution in [0, 0.1) is 0 Å². The van der Waals surface area contributed by atoms with Crippen LogP contribution in [0.4, 0.5) is 74.6 Å². The number of hydrogen-bond acceptors (Lipinski definition) is 4. The molecule has 2 heterocycles. The molecule has 23 heteroatoms. The second kappa shape index (κ2) is 12.1. The Hall–Kier alpha value is -4.47. The van der Waals surface area contributed by atoms with Crippen molar-refractivity contribution in [1.29, 1.82) is 0 Å². The summed E-state index contributed by atoms with van der Waals surface area (Å²) in [6.45, 7) is -2.23. The van der Waals surface area contributed by atoms with Gasteiger partial charge in [0.15, 0.2) is 0 Å². The van der Waals surface area contributed by atoms with Gasteiger partial charge in [-0.3, -0.25) is 14.0 Å². The van der Waals surface area contributed by atoms with Crippen molar-refractivity contribution in [3.8, 4) is 11.4 Å². The Morgan fingerprint density at radius 1 is 0.600 bits per heavy atom. The van der Waals surface area contributed by atoms with Gasteiger partial charge in [0.2, 0.25) is 0 Å². The minimum Gasteiger partial charge on any atom is -0.286 e. The number of fused-ring (bicyclic) bond motifs is 1. The standard InChI is InChI=1S/C27H16F17N5O/c28-20(29,21(30,31)22(32,33)23(34,35)24(36,37)25(38,39)26(40,41)27(42,43)44)10-11-48-12-15(46-47-48)13-49-18(14-6-2-1-3-7-14)45-17-9-5-4-8-16(17)19(49)50/h1-9,12H,10-11,13H2. The fourth-order valence-corrected chi connectivity index (χ4v) is 4.41. The molecule has 0 radical (unpaired) electrons. The first-order valence-electron chi connectivity index (χ1n) is 13.3. The summed E-state index contributed by atoms with van der Waals surface area (Å²) in [5.41, 5.74) is -0.348. The molecular weight excluding hydrogens is 733 g/mol. The molecule has 0 aliphatic heterocycles. The van der Waals surface area contributed by atoms with Crippen LogP contribution in [0.3, 0.4) is 0 Å². The normalized spacial score (nSPS) is 14.4. The van der Waals surface area contributed by atoms with Crippen molar-refractivity contribution in [3.63, 3.8) is 0 Å². The van der Waals surface area contributed by atoms with Crippen LogP contribution in [0.1, 0.15) is 12.1 Å². The smallest absolute Gasteiger partial charge is 0.286 e. The van der Waals surface area contributed by atoms with Crippen LogP contribution in [0.15, 0.2) is 65.6 Å². The SMILES string of the molecule is O=c1c2ccccc2nc(-c2ccccc2)n1Cc1cn(CCC(F)(F)C(F)(F)C(F)(F)C(F)(F)C(F)(F)C(F)(F)C(F)(F)C(F)(F)F)nn1. The summed E-state index contributed by atoms with van der Waals surface area (Å²) in [5.74, 6) is -56.9. The molecule has 0 N–H and O–H groups in total. The first-order valence-corrected chi connectivity index (χ1v) is 13.3. The maximum Gasteiger partial charge on any atom is 0.460 e. The van der Waals surface area contributed by atoms with E-state index in [1.807, 2.05) is 0 Å². The van der Waals surface area contributed by atoms with Crippen molar-refractivity contribution < 1.29 is 74.6 Å². The summed E-state index contributed by atoms with van der Waals surface area (Å²) < 4.78 is 231. The number of para-hydroxylation sites is 1. The quantitative estimate of drug-likeness (QED) is 0.138. The molecule has 0 saturated carbocycles. The van der Waals surface area contributed by atoms with Gasteiger partial charge in [-0.1, -0.05) is 47.7 Å². The third-order valence-corrected chi connectivity index (χ3v) is 7.24. The molecule has 0 amide bonds. The molecular formula is C27H16F17N5O. The Morgan fingerprint density at radius 3 is 1.66 bits per heavy atom. The zero-order valence-electron chi connectivity index (χ0n) is 24.0. The summed E-state index contributed by atoms with van der Waals surface area (Å²) in [6, 6.07) is 13.8. The fraction of sp³-hybridized carbons (Fsp3) is 0.407. The molecule has 0 unspecified atom stereocenters. The maximum atomic E-state index is 14.4. The Labute approximate surface area is 266 Å². The molecule has 4 aromatic rings. The molecule has 0 aliphatic carbocycles. The fourth-order valence-electron chi connectivity index (χ4n) is 4.41. The van der Waals surface area contributed by atoms with Gasteiger partial charge in [0.05, 0.1) is 23.6 Å². The van der Waals surface area contributed by atoms with E-state index in [-0.39, 0.29) is 27.1 Å². The van der Waals surface area contributed by atoms with Gasteiger partial charge in [0.1, 0.15) is 11.5 Å². The first-order chi connectivity index (χ1) is 22.7. The molecule has 0 bridgehead atoms. The summed E-state index contributed by atoms with van der Waals surface area (Å²) in [5, 5.41) is 6.82. The first kappa shape index (κ1) is 38.3. The van der Waals surface area contributed by atoms with Gasteiger partial charge in [-0.2, -0.15) is 74.6 Å². The van der Waals surface area contributed by atoms with Crippen molar-refractivity contribution in [1.82, 2.24) is 24.5 Å². The molecule has 0 aliphatic rings. The van der Waals surface area contributed by atoms with Gasteiger partial charge in [-0.05, 0) is 12.1 Å².